The Morgan fingerprint density at radius 3 is 2.72 bits per heavy atom. The van der Waals surface area contributed by atoms with Crippen LogP contribution in [0.1, 0.15) is 16.8 Å². The van der Waals surface area contributed by atoms with Crippen molar-refractivity contribution in [2.45, 2.75) is 19.3 Å². The van der Waals surface area contributed by atoms with Gasteiger partial charge in [0.2, 0.25) is 0 Å². The summed E-state index contributed by atoms with van der Waals surface area (Å²) in [6, 6.07) is 4.03. The van der Waals surface area contributed by atoms with Gasteiger partial charge in [-0.15, -0.1) is 11.6 Å². The summed E-state index contributed by atoms with van der Waals surface area (Å²) in [5, 5.41) is 4.16. The molecule has 4 nitrogen and oxygen atoms in total. The quantitative estimate of drug-likeness (QED) is 0.796. The van der Waals surface area contributed by atoms with E-state index in [0.717, 1.165) is 23.6 Å². The Balaban J connectivity index is 2.13. The van der Waals surface area contributed by atoms with E-state index in [1.54, 1.807) is 4.68 Å². The Morgan fingerprint density at radius 2 is 2.17 bits per heavy atom. The molecular weight excluding hydrogens is 248 g/mol. The topological polar surface area (TPSA) is 34.0 Å². The van der Waals surface area contributed by atoms with Crippen LogP contribution in [0.4, 0.5) is 5.82 Å². The third-order valence-electron chi connectivity index (χ3n) is 2.89. The molecule has 0 aliphatic rings. The first kappa shape index (κ1) is 12.9. The first-order valence-corrected chi connectivity index (χ1v) is 6.34. The molecule has 2 aromatic heterocycles. The Labute approximate surface area is 112 Å². The minimum atomic E-state index is 0.505. The van der Waals surface area contributed by atoms with Gasteiger partial charge in [-0.2, -0.15) is 5.10 Å². The van der Waals surface area contributed by atoms with Crippen LogP contribution in [0.5, 0.6) is 0 Å². The van der Waals surface area contributed by atoms with Crippen molar-refractivity contribution < 1.29 is 0 Å². The molecule has 2 rings (SSSR count). The third-order valence-corrected chi connectivity index (χ3v) is 3.18. The SMILES string of the molecule is Cc1nc(N(C)Cc2cnn(C)c2)ccc1CCl. The fourth-order valence-corrected chi connectivity index (χ4v) is 2.12. The second-order valence-electron chi connectivity index (χ2n) is 4.43. The maximum absolute atomic E-state index is 5.83. The van der Waals surface area contributed by atoms with Crippen LogP contribution in [0, 0.1) is 6.92 Å². The van der Waals surface area contributed by atoms with Gasteiger partial charge in [0.05, 0.1) is 6.20 Å². The van der Waals surface area contributed by atoms with Crippen LogP contribution in [0.25, 0.3) is 0 Å². The van der Waals surface area contributed by atoms with Gasteiger partial charge in [-0.05, 0) is 18.6 Å². The van der Waals surface area contributed by atoms with Crippen LogP contribution in [0.15, 0.2) is 24.5 Å². The van der Waals surface area contributed by atoms with Gasteiger partial charge in [0.15, 0.2) is 0 Å². The van der Waals surface area contributed by atoms with Gasteiger partial charge in [0, 0.05) is 44.0 Å². The van der Waals surface area contributed by atoms with Crippen LogP contribution in [0.3, 0.4) is 0 Å². The highest BCUT2D eigenvalue weighted by Crippen LogP contribution is 2.16. The molecule has 0 aromatic carbocycles. The van der Waals surface area contributed by atoms with Crippen LogP contribution in [0.2, 0.25) is 0 Å². The molecule has 0 N–H and O–H groups in total. The highest BCUT2D eigenvalue weighted by atomic mass is 35.5. The Kier molecular flexibility index (Phi) is 3.87. The van der Waals surface area contributed by atoms with Crippen molar-refractivity contribution in [1.82, 2.24) is 14.8 Å². The molecule has 0 amide bonds. The molecule has 0 saturated heterocycles. The van der Waals surface area contributed by atoms with Crippen molar-refractivity contribution in [2.75, 3.05) is 11.9 Å². The maximum Gasteiger partial charge on any atom is 0.128 e. The zero-order valence-electron chi connectivity index (χ0n) is 10.9. The molecule has 0 aliphatic heterocycles. The molecule has 0 atom stereocenters. The first-order valence-electron chi connectivity index (χ1n) is 5.81. The number of nitrogens with zero attached hydrogens (tertiary/aromatic N) is 4. The van der Waals surface area contributed by atoms with E-state index in [-0.39, 0.29) is 0 Å². The number of anilines is 1. The normalized spacial score (nSPS) is 10.7. The van der Waals surface area contributed by atoms with Crippen molar-refractivity contribution in [3.05, 3.63) is 41.3 Å². The summed E-state index contributed by atoms with van der Waals surface area (Å²) in [7, 11) is 3.94. The van der Waals surface area contributed by atoms with Crippen molar-refractivity contribution in [2.24, 2.45) is 7.05 Å². The average molecular weight is 265 g/mol. The number of aromatic nitrogens is 3. The smallest absolute Gasteiger partial charge is 0.128 e. The molecule has 0 fully saturated rings. The summed E-state index contributed by atoms with van der Waals surface area (Å²) in [4.78, 5) is 6.66. The summed E-state index contributed by atoms with van der Waals surface area (Å²) in [5.41, 5.74) is 3.23. The van der Waals surface area contributed by atoms with E-state index in [2.05, 4.69) is 15.0 Å². The third kappa shape index (κ3) is 2.82. The first-order chi connectivity index (χ1) is 8.60. The van der Waals surface area contributed by atoms with E-state index in [1.165, 1.54) is 5.56 Å². The zero-order valence-corrected chi connectivity index (χ0v) is 11.6. The van der Waals surface area contributed by atoms with E-state index in [9.17, 15) is 0 Å². The molecule has 0 saturated carbocycles. The molecule has 0 bridgehead atoms. The minimum Gasteiger partial charge on any atom is -0.355 e. The lowest BCUT2D eigenvalue weighted by molar-refractivity contribution is 0.766. The molecule has 5 heteroatoms. The fourth-order valence-electron chi connectivity index (χ4n) is 1.84. The summed E-state index contributed by atoms with van der Waals surface area (Å²) >= 11 is 5.83. The lowest BCUT2D eigenvalue weighted by Crippen LogP contribution is -2.17. The highest BCUT2D eigenvalue weighted by Gasteiger charge is 2.07. The summed E-state index contributed by atoms with van der Waals surface area (Å²) in [6.07, 6.45) is 3.88. The van der Waals surface area contributed by atoms with Crippen LogP contribution in [-0.4, -0.2) is 21.8 Å². The molecule has 2 aromatic rings. The molecule has 2 heterocycles. The van der Waals surface area contributed by atoms with Gasteiger partial charge in [0.1, 0.15) is 5.82 Å². The van der Waals surface area contributed by atoms with Crippen molar-refractivity contribution >= 4 is 17.4 Å². The van der Waals surface area contributed by atoms with Crippen LogP contribution < -0.4 is 4.90 Å². The molecule has 0 spiro atoms. The number of rotatable bonds is 4. The predicted molar refractivity (Wildman–Crippen MR) is 73.8 cm³/mol. The van der Waals surface area contributed by atoms with Crippen LogP contribution in [-0.2, 0) is 19.5 Å². The zero-order chi connectivity index (χ0) is 13.1. The molecular formula is C13H17ClN4. The molecule has 18 heavy (non-hydrogen) atoms. The van der Waals surface area contributed by atoms with Gasteiger partial charge in [-0.1, -0.05) is 6.07 Å². The fraction of sp³-hybridized carbons (Fsp3) is 0.385. The number of pyridine rings is 1. The van der Waals surface area contributed by atoms with Gasteiger partial charge >= 0.3 is 0 Å². The lowest BCUT2D eigenvalue weighted by atomic mass is 10.2. The van der Waals surface area contributed by atoms with Gasteiger partial charge in [0.25, 0.3) is 0 Å². The van der Waals surface area contributed by atoms with E-state index >= 15 is 0 Å². The average Bonchev–Trinajstić information content (AvgIpc) is 2.74. The van der Waals surface area contributed by atoms with Crippen LogP contribution >= 0.6 is 11.6 Å². The van der Waals surface area contributed by atoms with E-state index in [4.69, 9.17) is 11.6 Å². The largest absolute Gasteiger partial charge is 0.355 e. The molecule has 0 unspecified atom stereocenters. The number of aryl methyl sites for hydroxylation is 2. The Morgan fingerprint density at radius 1 is 1.39 bits per heavy atom. The number of alkyl halides is 1. The van der Waals surface area contributed by atoms with Gasteiger partial charge in [-0.3, -0.25) is 4.68 Å². The predicted octanol–water partition coefficient (Wildman–Crippen LogP) is 2.50. The maximum atomic E-state index is 5.83. The molecule has 96 valence electrons. The van der Waals surface area contributed by atoms with Gasteiger partial charge < -0.3 is 4.90 Å². The second-order valence-corrected chi connectivity index (χ2v) is 4.69. The summed E-state index contributed by atoms with van der Waals surface area (Å²) in [6.45, 7) is 2.78. The number of hydrogen-bond donors (Lipinski definition) is 0. The monoisotopic (exact) mass is 264 g/mol. The summed E-state index contributed by atoms with van der Waals surface area (Å²) in [5.74, 6) is 1.45. The summed E-state index contributed by atoms with van der Waals surface area (Å²) < 4.78 is 1.80. The lowest BCUT2D eigenvalue weighted by Gasteiger charge is -2.18. The minimum absolute atomic E-state index is 0.505. The van der Waals surface area contributed by atoms with Crippen molar-refractivity contribution in [3.63, 3.8) is 0 Å². The Bertz CT molecular complexity index is 536. The number of halogens is 1. The second kappa shape index (κ2) is 5.40. The van der Waals surface area contributed by atoms with E-state index < -0.39 is 0 Å². The van der Waals surface area contributed by atoms with Crippen molar-refractivity contribution in [3.8, 4) is 0 Å². The molecule has 0 radical (unpaired) electrons. The van der Waals surface area contributed by atoms with E-state index in [1.807, 2.05) is 45.5 Å². The number of hydrogen-bond acceptors (Lipinski definition) is 3. The van der Waals surface area contributed by atoms with E-state index in [0.29, 0.717) is 5.88 Å². The molecule has 0 aliphatic carbocycles. The highest BCUT2D eigenvalue weighted by molar-refractivity contribution is 6.17. The standard InChI is InChI=1S/C13H17ClN4/c1-10-12(6-14)4-5-13(16-10)17(2)8-11-7-15-18(3)9-11/h4-5,7,9H,6,8H2,1-3H3. The van der Waals surface area contributed by atoms with Crippen molar-refractivity contribution in [1.29, 1.82) is 0 Å². The Hall–Kier alpha value is -1.55. The van der Waals surface area contributed by atoms with Gasteiger partial charge in [-0.25, -0.2) is 4.98 Å².